The molecule has 1 aromatic heterocycles. The van der Waals surface area contributed by atoms with Crippen molar-refractivity contribution in [3.05, 3.63) is 17.3 Å². The second-order valence-electron chi connectivity index (χ2n) is 5.68. The van der Waals surface area contributed by atoms with Crippen LogP contribution in [0.25, 0.3) is 0 Å². The average Bonchev–Trinajstić information content (AvgIpc) is 2.43. The van der Waals surface area contributed by atoms with Gasteiger partial charge in [-0.3, -0.25) is 4.79 Å². The van der Waals surface area contributed by atoms with Gasteiger partial charge < -0.3 is 10.1 Å². The van der Waals surface area contributed by atoms with Crippen LogP contribution in [0, 0.1) is 19.8 Å². The number of aromatic nitrogens is 2. The van der Waals surface area contributed by atoms with E-state index >= 15 is 0 Å². The molecule has 0 spiro atoms. The highest BCUT2D eigenvalue weighted by molar-refractivity contribution is 5.77. The molecule has 2 atom stereocenters. The second kappa shape index (κ2) is 6.68. The fraction of sp³-hybridized carbons (Fsp3) is 0.667. The van der Waals surface area contributed by atoms with E-state index in [0.29, 0.717) is 11.8 Å². The first-order valence-electron chi connectivity index (χ1n) is 7.29. The number of hydrogen-bond donors (Lipinski definition) is 1. The van der Waals surface area contributed by atoms with Crippen LogP contribution in [0.3, 0.4) is 0 Å². The van der Waals surface area contributed by atoms with Crippen LogP contribution in [-0.2, 0) is 4.79 Å². The molecule has 1 saturated carbocycles. The van der Waals surface area contributed by atoms with Crippen LogP contribution in [0.1, 0.15) is 43.9 Å². The van der Waals surface area contributed by atoms with Crippen LogP contribution in [0.5, 0.6) is 5.88 Å². The van der Waals surface area contributed by atoms with Gasteiger partial charge in [0.25, 0.3) is 5.91 Å². The van der Waals surface area contributed by atoms with Crippen molar-refractivity contribution < 1.29 is 9.53 Å². The summed E-state index contributed by atoms with van der Waals surface area (Å²) in [5.74, 6) is 0.873. The Morgan fingerprint density at radius 3 is 2.80 bits per heavy atom. The van der Waals surface area contributed by atoms with Crippen LogP contribution in [0.4, 0.5) is 0 Å². The summed E-state index contributed by atoms with van der Waals surface area (Å²) in [5.41, 5.74) is 1.88. The normalized spacial score (nSPS) is 22.4. The van der Waals surface area contributed by atoms with Crippen LogP contribution in [0.2, 0.25) is 0 Å². The molecule has 1 aliphatic carbocycles. The monoisotopic (exact) mass is 277 g/mol. The number of hydrogen-bond acceptors (Lipinski definition) is 4. The summed E-state index contributed by atoms with van der Waals surface area (Å²) in [4.78, 5) is 11.9. The summed E-state index contributed by atoms with van der Waals surface area (Å²) in [7, 11) is 0. The number of amides is 1. The minimum absolute atomic E-state index is 0.000398. The van der Waals surface area contributed by atoms with E-state index in [4.69, 9.17) is 4.74 Å². The van der Waals surface area contributed by atoms with Gasteiger partial charge in [-0.15, -0.1) is 5.10 Å². The Morgan fingerprint density at radius 1 is 1.35 bits per heavy atom. The van der Waals surface area contributed by atoms with Crippen LogP contribution in [0.15, 0.2) is 6.07 Å². The maximum atomic E-state index is 11.9. The van der Waals surface area contributed by atoms with Gasteiger partial charge in [-0.25, -0.2) is 0 Å². The zero-order valence-corrected chi connectivity index (χ0v) is 12.5. The molecule has 1 aromatic rings. The van der Waals surface area contributed by atoms with E-state index in [1.807, 2.05) is 13.8 Å². The molecule has 5 nitrogen and oxygen atoms in total. The Kier molecular flexibility index (Phi) is 4.93. The Balaban J connectivity index is 1.81. The SMILES string of the molecule is Cc1cc(OCC(=O)N[C@H]2CCCC[C@@H]2C)nnc1C. The Hall–Kier alpha value is -1.65. The number of aryl methyl sites for hydroxylation is 2. The Morgan fingerprint density at radius 2 is 2.10 bits per heavy atom. The van der Waals surface area contributed by atoms with Crippen LogP contribution < -0.4 is 10.1 Å². The number of carbonyl (C=O) groups excluding carboxylic acids is 1. The van der Waals surface area contributed by atoms with E-state index in [1.165, 1.54) is 19.3 Å². The Labute approximate surface area is 120 Å². The predicted octanol–water partition coefficient (Wildman–Crippen LogP) is 2.17. The largest absolute Gasteiger partial charge is 0.466 e. The fourth-order valence-electron chi connectivity index (χ4n) is 2.51. The standard InChI is InChI=1S/C15H23N3O2/c1-10-6-4-5-7-13(10)16-14(19)9-20-15-8-11(2)12(3)17-18-15/h8,10,13H,4-7,9H2,1-3H3,(H,16,19)/t10-,13-/m0/s1. The molecule has 5 heteroatoms. The van der Waals surface area contributed by atoms with E-state index in [9.17, 15) is 4.79 Å². The van der Waals surface area contributed by atoms with Crippen molar-refractivity contribution >= 4 is 5.91 Å². The molecule has 0 saturated heterocycles. The van der Waals surface area contributed by atoms with Gasteiger partial charge in [-0.05, 0) is 38.2 Å². The van der Waals surface area contributed by atoms with E-state index < -0.39 is 0 Å². The summed E-state index contributed by atoms with van der Waals surface area (Å²) in [6, 6.07) is 2.09. The minimum atomic E-state index is -0.0798. The lowest BCUT2D eigenvalue weighted by molar-refractivity contribution is -0.124. The highest BCUT2D eigenvalue weighted by Gasteiger charge is 2.22. The lowest BCUT2D eigenvalue weighted by atomic mass is 9.86. The molecule has 0 aliphatic heterocycles. The molecule has 1 amide bonds. The molecule has 1 heterocycles. The number of ether oxygens (including phenoxy) is 1. The zero-order valence-electron chi connectivity index (χ0n) is 12.5. The van der Waals surface area contributed by atoms with Crippen molar-refractivity contribution in [2.45, 2.75) is 52.5 Å². The number of nitrogens with one attached hydrogen (secondary N) is 1. The van der Waals surface area contributed by atoms with E-state index in [1.54, 1.807) is 6.07 Å². The van der Waals surface area contributed by atoms with Crippen molar-refractivity contribution in [2.75, 3.05) is 6.61 Å². The first-order chi connectivity index (χ1) is 9.56. The quantitative estimate of drug-likeness (QED) is 0.916. The summed E-state index contributed by atoms with van der Waals surface area (Å²) in [6.45, 7) is 6.03. The maximum absolute atomic E-state index is 11.9. The molecule has 0 unspecified atom stereocenters. The van der Waals surface area contributed by atoms with Crippen molar-refractivity contribution in [2.24, 2.45) is 5.92 Å². The molecular weight excluding hydrogens is 254 g/mol. The maximum Gasteiger partial charge on any atom is 0.258 e. The van der Waals surface area contributed by atoms with E-state index in [0.717, 1.165) is 17.7 Å². The van der Waals surface area contributed by atoms with Gasteiger partial charge in [0.1, 0.15) is 0 Å². The van der Waals surface area contributed by atoms with Crippen molar-refractivity contribution in [1.29, 1.82) is 0 Å². The van der Waals surface area contributed by atoms with E-state index in [-0.39, 0.29) is 18.6 Å². The van der Waals surface area contributed by atoms with Gasteiger partial charge in [0.15, 0.2) is 6.61 Å². The van der Waals surface area contributed by atoms with Gasteiger partial charge in [0, 0.05) is 12.1 Å². The molecule has 1 aliphatic rings. The fourth-order valence-corrected chi connectivity index (χ4v) is 2.51. The molecule has 20 heavy (non-hydrogen) atoms. The molecule has 1 N–H and O–H groups in total. The molecule has 2 rings (SSSR count). The summed E-state index contributed by atoms with van der Waals surface area (Å²) in [5, 5.41) is 11.0. The second-order valence-corrected chi connectivity index (χ2v) is 5.68. The number of rotatable bonds is 4. The van der Waals surface area contributed by atoms with Gasteiger partial charge in [-0.1, -0.05) is 19.8 Å². The van der Waals surface area contributed by atoms with Crippen molar-refractivity contribution in [3.8, 4) is 5.88 Å². The summed E-state index contributed by atoms with van der Waals surface area (Å²) >= 11 is 0. The third-order valence-electron chi connectivity index (χ3n) is 4.02. The average molecular weight is 277 g/mol. The highest BCUT2D eigenvalue weighted by Crippen LogP contribution is 2.23. The highest BCUT2D eigenvalue weighted by atomic mass is 16.5. The lowest BCUT2D eigenvalue weighted by Crippen LogP contribution is -2.43. The third kappa shape index (κ3) is 3.92. The smallest absolute Gasteiger partial charge is 0.258 e. The van der Waals surface area contributed by atoms with Crippen molar-refractivity contribution in [3.63, 3.8) is 0 Å². The van der Waals surface area contributed by atoms with Crippen LogP contribution >= 0.6 is 0 Å². The van der Waals surface area contributed by atoms with Crippen LogP contribution in [-0.4, -0.2) is 28.8 Å². The van der Waals surface area contributed by atoms with Gasteiger partial charge >= 0.3 is 0 Å². The van der Waals surface area contributed by atoms with Crippen molar-refractivity contribution in [1.82, 2.24) is 15.5 Å². The van der Waals surface area contributed by atoms with Gasteiger partial charge in [0.05, 0.1) is 5.69 Å². The lowest BCUT2D eigenvalue weighted by Gasteiger charge is -2.29. The molecular formula is C15H23N3O2. The first-order valence-corrected chi connectivity index (χ1v) is 7.29. The zero-order chi connectivity index (χ0) is 14.5. The molecule has 0 bridgehead atoms. The summed E-state index contributed by atoms with van der Waals surface area (Å²) < 4.78 is 5.39. The Bertz CT molecular complexity index is 476. The number of carbonyl (C=O) groups is 1. The number of nitrogens with zero attached hydrogens (tertiary/aromatic N) is 2. The minimum Gasteiger partial charge on any atom is -0.466 e. The summed E-state index contributed by atoms with van der Waals surface area (Å²) in [6.07, 6.45) is 4.71. The van der Waals surface area contributed by atoms with E-state index in [2.05, 4.69) is 22.4 Å². The predicted molar refractivity (Wildman–Crippen MR) is 76.6 cm³/mol. The molecule has 110 valence electrons. The molecule has 0 radical (unpaired) electrons. The van der Waals surface area contributed by atoms with Gasteiger partial charge in [-0.2, -0.15) is 5.10 Å². The first kappa shape index (κ1) is 14.8. The third-order valence-corrected chi connectivity index (χ3v) is 4.02. The van der Waals surface area contributed by atoms with Gasteiger partial charge in [0.2, 0.25) is 5.88 Å². The molecule has 1 fully saturated rings. The topological polar surface area (TPSA) is 64.1 Å². The molecule has 0 aromatic carbocycles.